The Bertz CT molecular complexity index is 2350. The average Bonchev–Trinajstić information content (AvgIpc) is 3.39. The number of carbonyl (C=O) groups excluding carboxylic acids is 4. The molecule has 23 heteroatoms. The van der Waals surface area contributed by atoms with Crippen LogP contribution in [0.2, 0.25) is 0 Å². The number of phosphoric acid groups is 1. The summed E-state index contributed by atoms with van der Waals surface area (Å²) in [6.07, 6.45) is 0.0341. The molecule has 3 aromatic rings. The lowest BCUT2D eigenvalue weighted by Gasteiger charge is -2.40. The first-order valence-electron chi connectivity index (χ1n) is 26.6. The van der Waals surface area contributed by atoms with E-state index in [1.54, 1.807) is 39.2 Å². The molecule has 0 bridgehead atoms. The molecule has 1 aromatic heterocycles. The molecule has 0 spiro atoms. The summed E-state index contributed by atoms with van der Waals surface area (Å²) in [7, 11) is -3.52. The molecule has 10 N–H and O–H groups in total. The molecule has 0 saturated heterocycles. The van der Waals surface area contributed by atoms with Crippen molar-refractivity contribution < 1.29 is 81.4 Å². The van der Waals surface area contributed by atoms with E-state index in [0.29, 0.717) is 94.4 Å². The molecule has 77 heavy (non-hydrogen) atoms. The predicted octanol–water partition coefficient (Wildman–Crippen LogP) is 4.38. The van der Waals surface area contributed by atoms with E-state index in [-0.39, 0.29) is 42.7 Å². The van der Waals surface area contributed by atoms with Gasteiger partial charge in [-0.15, -0.1) is 0 Å². The Labute approximate surface area is 452 Å². The van der Waals surface area contributed by atoms with Gasteiger partial charge in [0.05, 0.1) is 96.3 Å². The summed E-state index contributed by atoms with van der Waals surface area (Å²) in [6, 6.07) is 8.37. The summed E-state index contributed by atoms with van der Waals surface area (Å²) >= 11 is 0. The second kappa shape index (κ2) is 33.2. The van der Waals surface area contributed by atoms with Gasteiger partial charge in [0.15, 0.2) is 17.3 Å². The summed E-state index contributed by atoms with van der Waals surface area (Å²) in [6.45, 7) is 13.5. The number of pyridine rings is 1. The number of nitrogens with one attached hydrogen (secondary N) is 2. The van der Waals surface area contributed by atoms with Crippen LogP contribution in [0.15, 0.2) is 48.7 Å². The Balaban J connectivity index is 1.58. The molecule has 1 heterocycles. The van der Waals surface area contributed by atoms with Crippen LogP contribution in [0.4, 0.5) is 0 Å². The van der Waals surface area contributed by atoms with Crippen LogP contribution in [0.1, 0.15) is 96.1 Å². The number of nitrogens with two attached hydrogens (primary N) is 2. The molecular formula is C54H84N5O17P. The second-order valence-electron chi connectivity index (χ2n) is 19.8. The number of aromatic nitrogens is 1. The van der Waals surface area contributed by atoms with E-state index < -0.39 is 91.3 Å². The van der Waals surface area contributed by atoms with Crippen LogP contribution in [0.5, 0.6) is 17.2 Å². The van der Waals surface area contributed by atoms with Gasteiger partial charge in [-0.25, -0.2) is 4.57 Å². The number of Topliss-reactive ketones (excluding diaryl/α,β-unsaturated/α-hetero) is 2. The summed E-state index contributed by atoms with van der Waals surface area (Å²) in [5.74, 6) is -5.23. The van der Waals surface area contributed by atoms with Crippen LogP contribution in [0, 0.1) is 29.6 Å². The highest BCUT2D eigenvalue weighted by Crippen LogP contribution is 2.41. The molecule has 2 aromatic carbocycles. The van der Waals surface area contributed by atoms with Crippen molar-refractivity contribution in [2.75, 3.05) is 73.2 Å². The summed E-state index contributed by atoms with van der Waals surface area (Å²) in [5, 5.41) is 30.7. The molecule has 0 aliphatic heterocycles. The lowest BCUT2D eigenvalue weighted by molar-refractivity contribution is -0.136. The van der Waals surface area contributed by atoms with Crippen LogP contribution in [0.25, 0.3) is 10.8 Å². The molecule has 9 atom stereocenters. The van der Waals surface area contributed by atoms with Crippen LogP contribution in [0.3, 0.4) is 0 Å². The normalized spacial score (nSPS) is 16.9. The summed E-state index contributed by atoms with van der Waals surface area (Å²) in [4.78, 5) is 78.7. The third-order valence-corrected chi connectivity index (χ3v) is 14.4. The molecule has 1 fully saturated rings. The number of fused-ring (bicyclic) bond motifs is 1. The van der Waals surface area contributed by atoms with E-state index in [9.17, 15) is 43.7 Å². The highest BCUT2D eigenvalue weighted by Gasteiger charge is 2.47. The number of ketones is 2. The minimum absolute atomic E-state index is 0.0125. The van der Waals surface area contributed by atoms with Crippen molar-refractivity contribution >= 4 is 42.0 Å². The van der Waals surface area contributed by atoms with Gasteiger partial charge < -0.3 is 75.3 Å². The smallest absolute Gasteiger partial charge is 0.469 e. The number of methoxy groups -OCH3 is 1. The number of carbonyl (C=O) groups is 4. The molecule has 0 radical (unpaired) electrons. The van der Waals surface area contributed by atoms with Crippen molar-refractivity contribution in [3.63, 3.8) is 0 Å². The Morgan fingerprint density at radius 2 is 1.34 bits per heavy atom. The lowest BCUT2D eigenvalue weighted by atomic mass is 9.70. The van der Waals surface area contributed by atoms with E-state index in [1.807, 2.05) is 32.0 Å². The maximum atomic E-state index is 14.8. The van der Waals surface area contributed by atoms with Gasteiger partial charge in [0.2, 0.25) is 11.8 Å². The third kappa shape index (κ3) is 20.6. The minimum atomic E-state index is -5.13. The van der Waals surface area contributed by atoms with Crippen molar-refractivity contribution in [3.05, 3.63) is 59.9 Å². The number of hydrogen-bond donors (Lipinski definition) is 8. The first kappa shape index (κ1) is 65.0. The van der Waals surface area contributed by atoms with Gasteiger partial charge in [0, 0.05) is 48.5 Å². The van der Waals surface area contributed by atoms with Crippen LogP contribution in [-0.2, 0) is 53.7 Å². The molecule has 22 nitrogen and oxygen atoms in total. The Hall–Kier alpha value is -4.52. The molecule has 2 amide bonds. The van der Waals surface area contributed by atoms with Gasteiger partial charge in [-0.05, 0) is 55.7 Å². The zero-order valence-corrected chi connectivity index (χ0v) is 46.5. The monoisotopic (exact) mass is 1110 g/mol. The van der Waals surface area contributed by atoms with Gasteiger partial charge in [-0.3, -0.25) is 28.7 Å². The lowest BCUT2D eigenvalue weighted by Crippen LogP contribution is -2.60. The largest absolute Gasteiger partial charge is 0.491 e. The maximum Gasteiger partial charge on any atom is 0.469 e. The molecule has 4 rings (SSSR count). The summed E-state index contributed by atoms with van der Waals surface area (Å²) in [5.41, 5.74) is 13.3. The number of aliphatic hydroxyl groups is 2. The van der Waals surface area contributed by atoms with Gasteiger partial charge >= 0.3 is 7.82 Å². The number of rotatable bonds is 37. The zero-order chi connectivity index (χ0) is 56.7. The van der Waals surface area contributed by atoms with E-state index in [1.165, 1.54) is 19.2 Å². The highest BCUT2D eigenvalue weighted by molar-refractivity contribution is 7.46. The molecule has 5 unspecified atom stereocenters. The number of nitrogens with zero attached hydrogens (tertiary/aromatic N) is 1. The van der Waals surface area contributed by atoms with Crippen molar-refractivity contribution in [2.24, 2.45) is 41.1 Å². The third-order valence-electron chi connectivity index (χ3n) is 13.8. The van der Waals surface area contributed by atoms with Crippen LogP contribution < -0.4 is 31.6 Å². The Kier molecular flexibility index (Phi) is 28.0. The molecule has 1 aliphatic rings. The van der Waals surface area contributed by atoms with E-state index in [4.69, 9.17) is 49.1 Å². The van der Waals surface area contributed by atoms with Gasteiger partial charge in [0.25, 0.3) is 0 Å². The van der Waals surface area contributed by atoms with Crippen LogP contribution in [-0.4, -0.2) is 158 Å². The molecule has 1 aliphatic carbocycles. The topological polar surface area (TPSA) is 329 Å². The van der Waals surface area contributed by atoms with Crippen molar-refractivity contribution in [3.8, 4) is 17.2 Å². The van der Waals surface area contributed by atoms with E-state index in [0.717, 1.165) is 26.2 Å². The number of phosphoric ester groups is 1. The van der Waals surface area contributed by atoms with Crippen molar-refractivity contribution in [1.29, 1.82) is 0 Å². The predicted molar refractivity (Wildman–Crippen MR) is 286 cm³/mol. The first-order chi connectivity index (χ1) is 36.7. The fourth-order valence-electron chi connectivity index (χ4n) is 9.38. The van der Waals surface area contributed by atoms with Gasteiger partial charge in [-0.1, -0.05) is 77.6 Å². The van der Waals surface area contributed by atoms with Crippen LogP contribution >= 0.6 is 7.82 Å². The van der Waals surface area contributed by atoms with Gasteiger partial charge in [0.1, 0.15) is 29.8 Å². The van der Waals surface area contributed by atoms with E-state index in [2.05, 4.69) is 15.6 Å². The van der Waals surface area contributed by atoms with Crippen molar-refractivity contribution in [2.45, 2.75) is 123 Å². The number of ether oxygens (including phenoxy) is 7. The number of amides is 2. The number of aliphatic hydroxyl groups excluding tert-OH is 2. The average molecular weight is 1110 g/mol. The van der Waals surface area contributed by atoms with Crippen molar-refractivity contribution in [1.82, 2.24) is 15.6 Å². The SMILES string of the molecule is CC[C@@H](C)[C@@H](N)C(=O)NCc1ncc(C(=O)C(C(C)C)C(O)C(O)C(N)C(C(=O)[C@@H](NC(C)=O)[C@@H](C)OP(=O)(O)O)C2CCCCC2)cc1Oc1cccc2c(OCCOCCOCCOCCOCCOC)cccc12. The molecule has 432 valence electrons. The highest BCUT2D eigenvalue weighted by atomic mass is 31.2. The number of benzene rings is 2. The maximum absolute atomic E-state index is 14.8. The fraction of sp³-hybridized carbons (Fsp3) is 0.648. The first-order valence-corrected chi connectivity index (χ1v) is 28.1. The molecular weight excluding hydrogens is 1020 g/mol. The van der Waals surface area contributed by atoms with E-state index >= 15 is 0 Å². The molecule has 1 saturated carbocycles. The standard InChI is InChI=1S/C54H84N5O17P/c1-8-34(4)47(55)54(65)58-32-41-44(75-43-19-13-16-39-40(43)17-12-18-42(39)74-29-28-73-27-26-72-25-24-71-23-22-70-21-20-69-7)30-38(31-57-41)50(61)45(33(2)3)52(63)53(64)48(56)46(37-14-10-9-11-15-37)51(62)49(59-36(6)60)35(5)76-77(66,67)68/h12-13,16-19,30-31,33-35,37,45-49,52-53,63-64H,8-11,14-15,20-29,32,55-56H2,1-7H3,(H,58,65)(H,59,60)(H2,66,67,68)/t34-,35-,45?,46?,47-,48?,49+,52?,53?/m1/s1. The minimum Gasteiger partial charge on any atom is -0.491 e. The Morgan fingerprint density at radius 3 is 1.88 bits per heavy atom. The zero-order valence-electron chi connectivity index (χ0n) is 45.6. The van der Waals surface area contributed by atoms with Gasteiger partial charge in [-0.2, -0.15) is 0 Å². The summed E-state index contributed by atoms with van der Waals surface area (Å²) < 4.78 is 56.5. The quantitative estimate of drug-likeness (QED) is 0.0226. The number of hydrogen-bond acceptors (Lipinski definition) is 18. The fourth-order valence-corrected chi connectivity index (χ4v) is 9.94. The second-order valence-corrected chi connectivity index (χ2v) is 21.0. The Morgan fingerprint density at radius 1 is 0.779 bits per heavy atom.